The second kappa shape index (κ2) is 29.8. The maximum atomic E-state index is 13.8. The molecule has 11 aliphatic rings. The minimum atomic E-state index is -4.91. The van der Waals surface area contributed by atoms with E-state index in [0.29, 0.717) is 79.7 Å². The van der Waals surface area contributed by atoms with Gasteiger partial charge in [0.1, 0.15) is 6.04 Å². The largest absolute Gasteiger partial charge is 0.471 e. The van der Waals surface area contributed by atoms with Crippen molar-refractivity contribution in [2.24, 2.45) is 46.3 Å². The number of hydrogen-bond donors (Lipinski definition) is 5. The first-order valence-corrected chi connectivity index (χ1v) is 38.6. The molecular weight excluding hydrogens is 1300 g/mol. The van der Waals surface area contributed by atoms with Gasteiger partial charge in [-0.05, 0) is 206 Å². The topological polar surface area (TPSA) is 238 Å². The van der Waals surface area contributed by atoms with Crippen molar-refractivity contribution in [3.05, 3.63) is 123 Å². The lowest BCUT2D eigenvalue weighted by atomic mass is 9.54. The molecule has 6 aromatic rings. The normalized spacial score (nSPS) is 27.2. The third kappa shape index (κ3) is 14.6. The number of benzene rings is 2. The van der Waals surface area contributed by atoms with Gasteiger partial charge < -0.3 is 35.7 Å². The molecule has 4 amide bonds. The van der Waals surface area contributed by atoms with Crippen molar-refractivity contribution in [3.8, 4) is 0 Å². The summed E-state index contributed by atoms with van der Waals surface area (Å²) in [4.78, 5) is 80.8. The summed E-state index contributed by atoms with van der Waals surface area (Å²) in [5.41, 5.74) is 10.7. The number of nitrogens with one attached hydrogen (secondary N) is 5. The van der Waals surface area contributed by atoms with Crippen molar-refractivity contribution >= 4 is 46.5 Å². The van der Waals surface area contributed by atoms with Crippen LogP contribution in [-0.4, -0.2) is 114 Å². The minimum Gasteiger partial charge on any atom is -0.467 e. The SMILES string of the molecule is CCOC(=O)C1CCc2c(c(C(=O)NC3C4(C)CCC(C4)C3(C)C)nn2C2CCCCC2)C1.COC(=O)C(Cc1c[nH]c2ccccc12)NC(=O)c1nn(Cc2ccccc2)c2c1CCCC2.O=C(NC1C2CC3CC(C2)CC1C3)c1nn(C2CCCCC2)c2c1CC(NC(=O)C(F)(F)F)CC2. The molecule has 548 valence electrons. The maximum Gasteiger partial charge on any atom is 0.471 e. The van der Waals surface area contributed by atoms with Crippen molar-refractivity contribution in [2.45, 2.75) is 263 Å². The fraction of sp³-hybridized carbons (Fsp3) is 0.637. The van der Waals surface area contributed by atoms with Crippen molar-refractivity contribution < 1.29 is 51.4 Å². The van der Waals surface area contributed by atoms with Crippen LogP contribution >= 0.6 is 0 Å². The van der Waals surface area contributed by atoms with Gasteiger partial charge in [-0.25, -0.2) is 4.79 Å². The van der Waals surface area contributed by atoms with Gasteiger partial charge in [0, 0.05) is 75.4 Å². The number of ether oxygens (including phenoxy) is 2. The lowest BCUT2D eigenvalue weighted by Gasteiger charge is -2.54. The molecule has 0 saturated heterocycles. The number of para-hydroxylation sites is 1. The molecule has 6 unspecified atom stereocenters. The van der Waals surface area contributed by atoms with E-state index in [4.69, 9.17) is 24.8 Å². The number of amides is 4. The number of esters is 2. The summed E-state index contributed by atoms with van der Waals surface area (Å²) in [6.07, 6.45) is 25.7. The number of H-pyrrole nitrogens is 1. The van der Waals surface area contributed by atoms with Gasteiger partial charge in [0.25, 0.3) is 17.7 Å². The van der Waals surface area contributed by atoms with Crippen LogP contribution in [-0.2, 0) is 75.3 Å². The second-order valence-electron chi connectivity index (χ2n) is 32.6. The number of methoxy groups -OCH3 is 1. The van der Waals surface area contributed by atoms with Gasteiger partial charge in [-0.3, -0.25) is 38.0 Å². The highest BCUT2D eigenvalue weighted by Gasteiger charge is 2.60. The van der Waals surface area contributed by atoms with Gasteiger partial charge >= 0.3 is 24.0 Å². The summed E-state index contributed by atoms with van der Waals surface area (Å²) in [6.45, 7) is 9.85. The monoisotopic (exact) mass is 1400 g/mol. The Kier molecular flexibility index (Phi) is 20.8. The van der Waals surface area contributed by atoms with Crippen LogP contribution in [0.1, 0.15) is 257 Å². The fourth-order valence-electron chi connectivity index (χ4n) is 20.8. The van der Waals surface area contributed by atoms with Crippen LogP contribution in [0.4, 0.5) is 13.2 Å². The Morgan fingerprint density at radius 2 is 1.25 bits per heavy atom. The Morgan fingerprint density at radius 3 is 1.88 bits per heavy atom. The third-order valence-electron chi connectivity index (χ3n) is 25.7. The highest BCUT2D eigenvalue weighted by atomic mass is 19.4. The van der Waals surface area contributed by atoms with Crippen molar-refractivity contribution in [2.75, 3.05) is 13.7 Å². The van der Waals surface area contributed by atoms with Gasteiger partial charge in [-0.15, -0.1) is 0 Å². The molecule has 8 fully saturated rings. The lowest BCUT2D eigenvalue weighted by molar-refractivity contribution is -0.174. The predicted molar refractivity (Wildman–Crippen MR) is 379 cm³/mol. The number of aromatic amines is 1. The molecule has 5 N–H and O–H groups in total. The molecule has 6 bridgehead atoms. The van der Waals surface area contributed by atoms with E-state index in [1.807, 2.05) is 64.9 Å². The van der Waals surface area contributed by atoms with E-state index in [1.54, 1.807) is 0 Å². The molecule has 102 heavy (non-hydrogen) atoms. The first kappa shape index (κ1) is 71.2. The van der Waals surface area contributed by atoms with E-state index in [1.165, 1.54) is 89.9 Å². The van der Waals surface area contributed by atoms with E-state index < -0.39 is 30.1 Å². The van der Waals surface area contributed by atoms with Crippen LogP contribution in [0.15, 0.2) is 60.8 Å². The fourth-order valence-corrected chi connectivity index (χ4v) is 20.8. The van der Waals surface area contributed by atoms with Crippen LogP contribution in [0, 0.1) is 46.3 Å². The highest BCUT2D eigenvalue weighted by molar-refractivity contribution is 5.97. The molecule has 0 radical (unpaired) electrons. The number of carbonyl (C=O) groups excluding carboxylic acids is 6. The summed E-state index contributed by atoms with van der Waals surface area (Å²) in [6, 6.07) is 17.5. The van der Waals surface area contributed by atoms with Crippen LogP contribution in [0.2, 0.25) is 0 Å². The summed E-state index contributed by atoms with van der Waals surface area (Å²) >= 11 is 0. The summed E-state index contributed by atoms with van der Waals surface area (Å²) in [5, 5.41) is 27.4. The first-order chi connectivity index (χ1) is 49.1. The van der Waals surface area contributed by atoms with Gasteiger partial charge in [0.15, 0.2) is 17.1 Å². The number of rotatable bonds is 16. The molecule has 0 aliphatic heterocycles. The molecule has 0 spiro atoms. The summed E-state index contributed by atoms with van der Waals surface area (Å²) in [7, 11) is 1.34. The standard InChI is InChI=1S/C27H28N4O3.C27H41N3O3.C26H35F3N4O2/c1-34-27(33)23(15-19-16-28-22-13-7-5-11-20(19)22)29-26(32)25-21-12-6-8-14-24(21)31(30-25)17-18-9-3-2-4-10-18;1-5-33-24(32)17-11-12-21-20(15-17)22(29-30(21)19-9-7-6-8-10-19)23(31)28-25-26(2,3)18-13-14-27(25,4)16-18;27-26(28,29)25(35)30-18-6-7-21-20(13-18)23(32-33(21)19-4-2-1-3-5-19)24(34)31-22-16-9-14-8-15(11-16)12-17(22)10-14/h2-5,7,9-11,13,16,23,28H,6,8,12,14-15,17H2,1H3,(H,29,32);17-19,25H,5-16H2,1-4H3,(H,28,31);14-19,22H,1-13H2,(H,30,35)(H,31,34). The molecule has 17 rings (SSSR count). The first-order valence-electron chi connectivity index (χ1n) is 38.6. The lowest BCUT2D eigenvalue weighted by Crippen LogP contribution is -2.56. The zero-order valence-corrected chi connectivity index (χ0v) is 60.2. The summed E-state index contributed by atoms with van der Waals surface area (Å²) < 4.78 is 55.1. The number of aromatic nitrogens is 7. The summed E-state index contributed by atoms with van der Waals surface area (Å²) in [5.74, 6) is 0.0927. The Bertz CT molecular complexity index is 4030. The van der Waals surface area contributed by atoms with Gasteiger partial charge in [0.05, 0.1) is 38.3 Å². The number of hydrogen-bond acceptors (Lipinski definition) is 11. The number of alkyl halides is 3. The van der Waals surface area contributed by atoms with Gasteiger partial charge in [0.2, 0.25) is 0 Å². The van der Waals surface area contributed by atoms with Crippen molar-refractivity contribution in [1.82, 2.24) is 55.6 Å². The smallest absolute Gasteiger partial charge is 0.467 e. The molecular formula is C80H104F3N11O8. The van der Waals surface area contributed by atoms with Crippen LogP contribution in [0.5, 0.6) is 0 Å². The van der Waals surface area contributed by atoms with Crippen LogP contribution in [0.25, 0.3) is 10.9 Å². The van der Waals surface area contributed by atoms with E-state index in [-0.39, 0.29) is 65.0 Å². The van der Waals surface area contributed by atoms with E-state index in [0.717, 1.165) is 139 Å². The Balaban J connectivity index is 0.000000130. The quantitative estimate of drug-likeness (QED) is 0.0571. The van der Waals surface area contributed by atoms with E-state index >= 15 is 0 Å². The number of halogens is 3. The molecule has 4 heterocycles. The predicted octanol–water partition coefficient (Wildman–Crippen LogP) is 13.3. The van der Waals surface area contributed by atoms with Gasteiger partial charge in [-0.1, -0.05) is 108 Å². The number of nitrogens with zero attached hydrogens (tertiary/aromatic N) is 6. The second-order valence-corrected chi connectivity index (χ2v) is 32.6. The average molecular weight is 1400 g/mol. The molecule has 11 aliphatic carbocycles. The van der Waals surface area contributed by atoms with Crippen LogP contribution in [0.3, 0.4) is 0 Å². The van der Waals surface area contributed by atoms with E-state index in [2.05, 4.69) is 63.8 Å². The van der Waals surface area contributed by atoms with Crippen LogP contribution < -0.4 is 21.3 Å². The number of fused-ring (bicyclic) bond motifs is 6. The third-order valence-corrected chi connectivity index (χ3v) is 25.7. The number of carbonyl (C=O) groups is 6. The van der Waals surface area contributed by atoms with Crippen molar-refractivity contribution in [3.63, 3.8) is 0 Å². The Morgan fingerprint density at radius 1 is 0.647 bits per heavy atom. The minimum absolute atomic E-state index is 0.0443. The molecule has 8 saturated carbocycles. The molecule has 4 aromatic heterocycles. The Hall–Kier alpha value is -7.78. The highest BCUT2D eigenvalue weighted by Crippen LogP contribution is 2.62. The van der Waals surface area contributed by atoms with Crippen molar-refractivity contribution in [1.29, 1.82) is 0 Å². The average Bonchev–Trinajstić information content (AvgIpc) is 1.49. The zero-order valence-electron chi connectivity index (χ0n) is 60.2. The maximum absolute atomic E-state index is 13.8. The zero-order chi connectivity index (χ0) is 71.2. The molecule has 19 nitrogen and oxygen atoms in total. The molecule has 2 aromatic carbocycles. The molecule has 22 heteroatoms. The molecule has 6 atom stereocenters. The van der Waals surface area contributed by atoms with Gasteiger partial charge in [-0.2, -0.15) is 28.5 Å². The Labute approximate surface area is 596 Å². The van der Waals surface area contributed by atoms with E-state index in [9.17, 15) is 41.9 Å².